The van der Waals surface area contributed by atoms with Gasteiger partial charge in [-0.1, -0.05) is 72.8 Å². The summed E-state index contributed by atoms with van der Waals surface area (Å²) in [7, 11) is 0. The molecule has 4 nitrogen and oxygen atoms in total. The van der Waals surface area contributed by atoms with E-state index in [0.717, 1.165) is 36.8 Å². The van der Waals surface area contributed by atoms with Crippen LogP contribution in [0.1, 0.15) is 62.1 Å². The Morgan fingerprint density at radius 1 is 1.06 bits per heavy atom. The summed E-state index contributed by atoms with van der Waals surface area (Å²) in [5, 5.41) is 3.80. The van der Waals surface area contributed by atoms with Crippen LogP contribution in [0.25, 0.3) is 0 Å². The van der Waals surface area contributed by atoms with Crippen LogP contribution < -0.4 is 5.32 Å². The Morgan fingerprint density at radius 3 is 2.45 bits per heavy atom. The number of amides is 2. The predicted molar refractivity (Wildman–Crippen MR) is 126 cm³/mol. The molecule has 0 aromatic heterocycles. The number of halogens is 1. The van der Waals surface area contributed by atoms with Crippen molar-refractivity contribution >= 4 is 23.4 Å². The smallest absolute Gasteiger partial charge is 0.242 e. The SMILES string of the molecule is Cc1ccc(CCC(=O)N(Cc2cccc(Cl)c2)[C@H](C)C(=O)NC2CCCCC2)cc1. The third-order valence-corrected chi connectivity index (χ3v) is 6.34. The molecule has 1 aliphatic carbocycles. The fraction of sp³-hybridized carbons (Fsp3) is 0.462. The van der Waals surface area contributed by atoms with Gasteiger partial charge in [-0.25, -0.2) is 0 Å². The molecule has 0 spiro atoms. The first-order chi connectivity index (χ1) is 14.9. The Kier molecular flexibility index (Phi) is 8.53. The van der Waals surface area contributed by atoms with Crippen molar-refractivity contribution in [3.8, 4) is 0 Å². The second-order valence-corrected chi connectivity index (χ2v) is 9.09. The summed E-state index contributed by atoms with van der Waals surface area (Å²) < 4.78 is 0. The summed E-state index contributed by atoms with van der Waals surface area (Å²) in [5.41, 5.74) is 3.25. The Bertz CT molecular complexity index is 875. The molecule has 166 valence electrons. The van der Waals surface area contributed by atoms with E-state index in [1.807, 2.05) is 38.1 Å². The Hall–Kier alpha value is -2.33. The van der Waals surface area contributed by atoms with E-state index in [1.165, 1.54) is 12.0 Å². The van der Waals surface area contributed by atoms with Crippen molar-refractivity contribution in [1.82, 2.24) is 10.2 Å². The Balaban J connectivity index is 1.70. The highest BCUT2D eigenvalue weighted by molar-refractivity contribution is 6.30. The zero-order valence-electron chi connectivity index (χ0n) is 18.6. The molecule has 2 aromatic carbocycles. The summed E-state index contributed by atoms with van der Waals surface area (Å²) in [5.74, 6) is -0.0931. The number of carbonyl (C=O) groups is 2. The normalized spacial score (nSPS) is 15.3. The minimum absolute atomic E-state index is 0.0214. The second-order valence-electron chi connectivity index (χ2n) is 8.66. The molecule has 0 saturated heterocycles. The van der Waals surface area contributed by atoms with E-state index in [0.29, 0.717) is 24.4 Å². The molecule has 0 radical (unpaired) electrons. The molecule has 1 aliphatic rings. The van der Waals surface area contributed by atoms with Gasteiger partial charge < -0.3 is 10.2 Å². The Morgan fingerprint density at radius 2 is 1.77 bits per heavy atom. The predicted octanol–water partition coefficient (Wildman–Crippen LogP) is 5.45. The molecule has 0 unspecified atom stereocenters. The molecular formula is C26H33ClN2O2. The summed E-state index contributed by atoms with van der Waals surface area (Å²) >= 11 is 6.15. The van der Waals surface area contributed by atoms with Crippen LogP contribution in [0.4, 0.5) is 0 Å². The van der Waals surface area contributed by atoms with Gasteiger partial charge in [-0.3, -0.25) is 9.59 Å². The molecule has 5 heteroatoms. The van der Waals surface area contributed by atoms with Gasteiger partial charge in [0.05, 0.1) is 0 Å². The van der Waals surface area contributed by atoms with Gasteiger partial charge in [-0.2, -0.15) is 0 Å². The number of hydrogen-bond donors (Lipinski definition) is 1. The van der Waals surface area contributed by atoms with Gasteiger partial charge in [-0.15, -0.1) is 0 Å². The molecule has 1 atom stereocenters. The van der Waals surface area contributed by atoms with Crippen molar-refractivity contribution in [1.29, 1.82) is 0 Å². The topological polar surface area (TPSA) is 49.4 Å². The quantitative estimate of drug-likeness (QED) is 0.593. The summed E-state index contributed by atoms with van der Waals surface area (Å²) in [6.07, 6.45) is 6.61. The average Bonchev–Trinajstić information content (AvgIpc) is 2.77. The zero-order chi connectivity index (χ0) is 22.2. The van der Waals surface area contributed by atoms with Gasteiger partial charge in [0.15, 0.2) is 0 Å². The molecule has 3 rings (SSSR count). The lowest BCUT2D eigenvalue weighted by molar-refractivity contribution is -0.141. The fourth-order valence-electron chi connectivity index (χ4n) is 4.13. The molecular weight excluding hydrogens is 408 g/mol. The van der Waals surface area contributed by atoms with Gasteiger partial charge in [0.2, 0.25) is 11.8 Å². The van der Waals surface area contributed by atoms with Crippen molar-refractivity contribution in [2.24, 2.45) is 0 Å². The molecule has 2 amide bonds. The van der Waals surface area contributed by atoms with Crippen LogP contribution in [-0.4, -0.2) is 28.8 Å². The lowest BCUT2D eigenvalue weighted by Gasteiger charge is -2.31. The number of hydrogen-bond acceptors (Lipinski definition) is 2. The van der Waals surface area contributed by atoms with E-state index in [2.05, 4.69) is 29.6 Å². The zero-order valence-corrected chi connectivity index (χ0v) is 19.3. The fourth-order valence-corrected chi connectivity index (χ4v) is 4.35. The van der Waals surface area contributed by atoms with E-state index in [9.17, 15) is 9.59 Å². The van der Waals surface area contributed by atoms with Crippen LogP contribution in [0.15, 0.2) is 48.5 Å². The number of nitrogens with one attached hydrogen (secondary N) is 1. The highest BCUT2D eigenvalue weighted by Crippen LogP contribution is 2.19. The Labute approximate surface area is 191 Å². The van der Waals surface area contributed by atoms with Gasteiger partial charge in [-0.05, 0) is 56.4 Å². The standard InChI is InChI=1S/C26H33ClN2O2/c1-19-11-13-21(14-12-19)15-16-25(30)29(18-22-7-6-8-23(27)17-22)20(2)26(31)28-24-9-4-3-5-10-24/h6-8,11-14,17,20,24H,3-5,9-10,15-16,18H2,1-2H3,(H,28,31)/t20-/m1/s1. The molecule has 1 fully saturated rings. The minimum atomic E-state index is -0.536. The first-order valence-electron chi connectivity index (χ1n) is 11.3. The van der Waals surface area contributed by atoms with E-state index >= 15 is 0 Å². The maximum absolute atomic E-state index is 13.2. The monoisotopic (exact) mass is 440 g/mol. The number of benzene rings is 2. The maximum atomic E-state index is 13.2. The van der Waals surface area contributed by atoms with Crippen LogP contribution in [0.2, 0.25) is 5.02 Å². The molecule has 1 saturated carbocycles. The molecule has 1 N–H and O–H groups in total. The summed E-state index contributed by atoms with van der Waals surface area (Å²) in [6, 6.07) is 15.4. The molecule has 0 aliphatic heterocycles. The average molecular weight is 441 g/mol. The highest BCUT2D eigenvalue weighted by atomic mass is 35.5. The van der Waals surface area contributed by atoms with Gasteiger partial charge in [0.25, 0.3) is 0 Å². The van der Waals surface area contributed by atoms with E-state index in [-0.39, 0.29) is 17.9 Å². The van der Waals surface area contributed by atoms with Crippen molar-refractivity contribution in [2.45, 2.75) is 77.4 Å². The number of rotatable bonds is 8. The van der Waals surface area contributed by atoms with Crippen LogP contribution >= 0.6 is 11.6 Å². The third kappa shape index (κ3) is 7.10. The van der Waals surface area contributed by atoms with Crippen molar-refractivity contribution < 1.29 is 9.59 Å². The largest absolute Gasteiger partial charge is 0.352 e. The van der Waals surface area contributed by atoms with Gasteiger partial charge >= 0.3 is 0 Å². The van der Waals surface area contributed by atoms with Gasteiger partial charge in [0, 0.05) is 24.0 Å². The van der Waals surface area contributed by atoms with E-state index < -0.39 is 6.04 Å². The van der Waals surface area contributed by atoms with Crippen LogP contribution in [0, 0.1) is 6.92 Å². The molecule has 2 aromatic rings. The van der Waals surface area contributed by atoms with Crippen LogP contribution in [0.3, 0.4) is 0 Å². The second kappa shape index (κ2) is 11.3. The first kappa shape index (κ1) is 23.3. The summed E-state index contributed by atoms with van der Waals surface area (Å²) in [4.78, 5) is 27.9. The summed E-state index contributed by atoms with van der Waals surface area (Å²) in [6.45, 7) is 4.24. The molecule has 0 heterocycles. The number of aryl methyl sites for hydroxylation is 2. The minimum Gasteiger partial charge on any atom is -0.352 e. The molecule has 31 heavy (non-hydrogen) atoms. The highest BCUT2D eigenvalue weighted by Gasteiger charge is 2.28. The van der Waals surface area contributed by atoms with E-state index in [4.69, 9.17) is 11.6 Å². The lowest BCUT2D eigenvalue weighted by Crippen LogP contribution is -2.50. The molecule has 0 bridgehead atoms. The van der Waals surface area contributed by atoms with Gasteiger partial charge in [0.1, 0.15) is 6.04 Å². The third-order valence-electron chi connectivity index (χ3n) is 6.11. The number of nitrogens with zero attached hydrogens (tertiary/aromatic N) is 1. The van der Waals surface area contributed by atoms with Crippen molar-refractivity contribution in [2.75, 3.05) is 0 Å². The lowest BCUT2D eigenvalue weighted by atomic mass is 9.95. The van der Waals surface area contributed by atoms with E-state index in [1.54, 1.807) is 4.90 Å². The number of carbonyl (C=O) groups excluding carboxylic acids is 2. The van der Waals surface area contributed by atoms with Crippen molar-refractivity contribution in [3.63, 3.8) is 0 Å². The first-order valence-corrected chi connectivity index (χ1v) is 11.7. The van der Waals surface area contributed by atoms with Crippen LogP contribution in [0.5, 0.6) is 0 Å². The van der Waals surface area contributed by atoms with Crippen molar-refractivity contribution in [3.05, 3.63) is 70.2 Å². The van der Waals surface area contributed by atoms with Crippen LogP contribution in [-0.2, 0) is 22.6 Å². The maximum Gasteiger partial charge on any atom is 0.242 e.